The Morgan fingerprint density at radius 2 is 1.65 bits per heavy atom. The zero-order valence-corrected chi connectivity index (χ0v) is 20.0. The third kappa shape index (κ3) is 4.38. The lowest BCUT2D eigenvalue weighted by Gasteiger charge is -2.17. The number of thiazole rings is 1. The number of benzene rings is 3. The molecule has 2 heterocycles. The fraction of sp³-hybridized carbons (Fsp3) is 0.0741. The van der Waals surface area contributed by atoms with Gasteiger partial charge in [-0.1, -0.05) is 78.3 Å². The van der Waals surface area contributed by atoms with Crippen molar-refractivity contribution in [1.82, 2.24) is 14.8 Å². The third-order valence-electron chi connectivity index (χ3n) is 5.38. The van der Waals surface area contributed by atoms with E-state index in [-0.39, 0.29) is 5.56 Å². The van der Waals surface area contributed by atoms with Crippen LogP contribution in [0.4, 0.5) is 11.4 Å². The highest BCUT2D eigenvalue weighted by Gasteiger charge is 2.22. The van der Waals surface area contributed by atoms with Crippen LogP contribution in [-0.4, -0.2) is 14.8 Å². The van der Waals surface area contributed by atoms with Crippen molar-refractivity contribution in [2.75, 3.05) is 5.32 Å². The minimum atomic E-state index is -0.216. The highest BCUT2D eigenvalue weighted by atomic mass is 35.5. The average molecular weight is 485 g/mol. The largest absolute Gasteiger partial charge is 0.350 e. The molecule has 0 unspecified atom stereocenters. The molecule has 1 N–H and O–H groups in total. The van der Waals surface area contributed by atoms with E-state index in [2.05, 4.69) is 5.32 Å². The van der Waals surface area contributed by atoms with Crippen molar-refractivity contribution in [2.24, 2.45) is 0 Å². The summed E-state index contributed by atoms with van der Waals surface area (Å²) in [6.07, 6.45) is 0. The fourth-order valence-corrected chi connectivity index (χ4v) is 4.77. The van der Waals surface area contributed by atoms with Gasteiger partial charge in [-0.15, -0.1) is 11.3 Å². The topological polar surface area (TPSA) is 59.8 Å². The van der Waals surface area contributed by atoms with Gasteiger partial charge in [0.2, 0.25) is 0 Å². The molecule has 34 heavy (non-hydrogen) atoms. The molecule has 0 saturated heterocycles. The summed E-state index contributed by atoms with van der Waals surface area (Å²) in [7, 11) is 0. The highest BCUT2D eigenvalue weighted by molar-refractivity contribution is 7.13. The van der Waals surface area contributed by atoms with Crippen LogP contribution in [0.15, 0.2) is 95.1 Å². The molecule has 0 spiro atoms. The summed E-state index contributed by atoms with van der Waals surface area (Å²) in [4.78, 5) is 18.4. The lowest BCUT2D eigenvalue weighted by Crippen LogP contribution is -2.26. The van der Waals surface area contributed by atoms with Gasteiger partial charge in [-0.3, -0.25) is 4.79 Å². The number of rotatable bonds is 6. The Bertz CT molecular complexity index is 1500. The lowest BCUT2D eigenvalue weighted by molar-refractivity contribution is 0.621. The van der Waals surface area contributed by atoms with Crippen LogP contribution in [0.5, 0.6) is 0 Å². The smallest absolute Gasteiger partial charge is 0.291 e. The van der Waals surface area contributed by atoms with E-state index in [0.29, 0.717) is 34.2 Å². The second-order valence-electron chi connectivity index (χ2n) is 7.62. The predicted octanol–water partition coefficient (Wildman–Crippen LogP) is 7.12. The second-order valence-corrected chi connectivity index (χ2v) is 8.92. The SMILES string of the molecule is CCn1nc(-c2ccccc2)c(-c2csc(-c3ccccc3)n2)c(Nc2cccc(Cl)c2)c1=O. The minimum Gasteiger partial charge on any atom is -0.350 e. The molecular formula is C27H21ClN4OS. The first kappa shape index (κ1) is 22.1. The van der Waals surface area contributed by atoms with Crippen molar-refractivity contribution in [3.63, 3.8) is 0 Å². The van der Waals surface area contributed by atoms with Crippen molar-refractivity contribution in [1.29, 1.82) is 0 Å². The van der Waals surface area contributed by atoms with Crippen LogP contribution < -0.4 is 10.9 Å². The zero-order valence-electron chi connectivity index (χ0n) is 18.4. The molecule has 0 fully saturated rings. The van der Waals surface area contributed by atoms with Crippen LogP contribution in [0.1, 0.15) is 6.92 Å². The number of aromatic nitrogens is 3. The summed E-state index contributed by atoms with van der Waals surface area (Å²) in [5.74, 6) is 0. The van der Waals surface area contributed by atoms with E-state index in [9.17, 15) is 4.79 Å². The van der Waals surface area contributed by atoms with Gasteiger partial charge in [0.15, 0.2) is 0 Å². The van der Waals surface area contributed by atoms with Gasteiger partial charge in [0, 0.05) is 33.8 Å². The van der Waals surface area contributed by atoms with Crippen LogP contribution in [0.3, 0.4) is 0 Å². The van der Waals surface area contributed by atoms with Crippen LogP contribution in [0.2, 0.25) is 5.02 Å². The number of nitrogens with zero attached hydrogens (tertiary/aromatic N) is 3. The van der Waals surface area contributed by atoms with E-state index in [1.54, 1.807) is 12.1 Å². The number of anilines is 2. The van der Waals surface area contributed by atoms with E-state index in [0.717, 1.165) is 21.8 Å². The molecule has 0 aliphatic carbocycles. The maximum Gasteiger partial charge on any atom is 0.291 e. The van der Waals surface area contributed by atoms with Gasteiger partial charge in [-0.2, -0.15) is 5.10 Å². The van der Waals surface area contributed by atoms with Gasteiger partial charge < -0.3 is 5.32 Å². The molecule has 5 aromatic rings. The van der Waals surface area contributed by atoms with E-state index in [1.165, 1.54) is 16.0 Å². The van der Waals surface area contributed by atoms with E-state index in [1.807, 2.05) is 85.1 Å². The molecule has 0 bridgehead atoms. The quantitative estimate of drug-likeness (QED) is 0.279. The van der Waals surface area contributed by atoms with Gasteiger partial charge in [0.1, 0.15) is 16.4 Å². The normalized spacial score (nSPS) is 10.9. The maximum absolute atomic E-state index is 13.5. The molecule has 5 rings (SSSR count). The summed E-state index contributed by atoms with van der Waals surface area (Å²) >= 11 is 7.76. The van der Waals surface area contributed by atoms with Crippen molar-refractivity contribution in [3.05, 3.63) is 106 Å². The Balaban J connectivity index is 1.76. The molecular weight excluding hydrogens is 464 g/mol. The average Bonchev–Trinajstić information content (AvgIpc) is 3.36. The van der Waals surface area contributed by atoms with Gasteiger partial charge in [0.25, 0.3) is 5.56 Å². The van der Waals surface area contributed by atoms with Crippen LogP contribution in [0.25, 0.3) is 33.1 Å². The second kappa shape index (κ2) is 9.63. The lowest BCUT2D eigenvalue weighted by atomic mass is 10.0. The Hall–Kier alpha value is -3.74. The van der Waals surface area contributed by atoms with Crippen molar-refractivity contribution < 1.29 is 0 Å². The number of hydrogen-bond acceptors (Lipinski definition) is 5. The molecule has 0 aliphatic heterocycles. The minimum absolute atomic E-state index is 0.216. The molecule has 3 aromatic carbocycles. The Labute approximate surface area is 206 Å². The van der Waals surface area contributed by atoms with Crippen LogP contribution in [0, 0.1) is 0 Å². The summed E-state index contributed by atoms with van der Waals surface area (Å²) in [6, 6.07) is 27.2. The highest BCUT2D eigenvalue weighted by Crippen LogP contribution is 2.38. The summed E-state index contributed by atoms with van der Waals surface area (Å²) < 4.78 is 1.48. The molecule has 2 aromatic heterocycles. The standard InChI is InChI=1S/C27H21ClN4OS/c1-2-32-27(33)25(29-21-15-9-14-20(28)16-21)23(24(31-32)18-10-5-3-6-11-18)22-17-34-26(30-22)19-12-7-4-8-13-19/h3-17,29H,2H2,1H3. The molecule has 5 nitrogen and oxygen atoms in total. The van der Waals surface area contributed by atoms with Crippen LogP contribution >= 0.6 is 22.9 Å². The number of halogens is 1. The molecule has 0 aliphatic rings. The number of aryl methyl sites for hydroxylation is 1. The van der Waals surface area contributed by atoms with Crippen molar-refractivity contribution in [2.45, 2.75) is 13.5 Å². The zero-order chi connectivity index (χ0) is 23.5. The Morgan fingerprint density at radius 3 is 2.32 bits per heavy atom. The van der Waals surface area contributed by atoms with E-state index >= 15 is 0 Å². The maximum atomic E-state index is 13.5. The molecule has 0 atom stereocenters. The number of nitrogens with one attached hydrogen (secondary N) is 1. The van der Waals surface area contributed by atoms with Crippen LogP contribution in [-0.2, 0) is 6.54 Å². The Kier molecular flexibility index (Phi) is 6.25. The van der Waals surface area contributed by atoms with E-state index in [4.69, 9.17) is 21.7 Å². The van der Waals surface area contributed by atoms with Gasteiger partial charge in [-0.05, 0) is 25.1 Å². The third-order valence-corrected chi connectivity index (χ3v) is 6.50. The molecule has 0 amide bonds. The number of hydrogen-bond donors (Lipinski definition) is 1. The summed E-state index contributed by atoms with van der Waals surface area (Å²) in [5, 5.41) is 11.5. The van der Waals surface area contributed by atoms with Gasteiger partial charge in [0.05, 0.1) is 11.3 Å². The monoisotopic (exact) mass is 484 g/mol. The predicted molar refractivity (Wildman–Crippen MR) is 141 cm³/mol. The van der Waals surface area contributed by atoms with E-state index < -0.39 is 0 Å². The first-order valence-electron chi connectivity index (χ1n) is 10.9. The molecule has 7 heteroatoms. The molecule has 168 valence electrons. The molecule has 0 radical (unpaired) electrons. The summed E-state index contributed by atoms with van der Waals surface area (Å²) in [6.45, 7) is 2.35. The fourth-order valence-electron chi connectivity index (χ4n) is 3.76. The van der Waals surface area contributed by atoms with Gasteiger partial charge >= 0.3 is 0 Å². The van der Waals surface area contributed by atoms with Gasteiger partial charge in [-0.25, -0.2) is 9.67 Å². The first-order valence-corrected chi connectivity index (χ1v) is 12.1. The first-order chi connectivity index (χ1) is 16.6. The molecule has 0 saturated carbocycles. The van der Waals surface area contributed by atoms with Crippen molar-refractivity contribution >= 4 is 34.3 Å². The Morgan fingerprint density at radius 1 is 0.941 bits per heavy atom. The summed E-state index contributed by atoms with van der Waals surface area (Å²) in [5.41, 5.74) is 4.91. The van der Waals surface area contributed by atoms with Crippen molar-refractivity contribution in [3.8, 4) is 33.1 Å².